The summed E-state index contributed by atoms with van der Waals surface area (Å²) in [5, 5.41) is 12.9. The molecule has 0 bridgehead atoms. The topological polar surface area (TPSA) is 108 Å². The molecule has 1 fully saturated rings. The summed E-state index contributed by atoms with van der Waals surface area (Å²) in [5.74, 6) is 2.94. The number of nitriles is 1. The van der Waals surface area contributed by atoms with Crippen LogP contribution in [0.3, 0.4) is 0 Å². The number of rotatable bonds is 7. The summed E-state index contributed by atoms with van der Waals surface area (Å²) < 4.78 is 29.9. The molecule has 1 saturated heterocycles. The molecule has 0 amide bonds. The molecule has 8 nitrogen and oxygen atoms in total. The zero-order valence-corrected chi connectivity index (χ0v) is 24.2. The van der Waals surface area contributed by atoms with Gasteiger partial charge in [0.25, 0.3) is 0 Å². The van der Waals surface area contributed by atoms with Gasteiger partial charge in [0, 0.05) is 31.9 Å². The molecule has 0 saturated carbocycles. The van der Waals surface area contributed by atoms with Gasteiger partial charge in [-0.15, -0.1) is 11.8 Å². The van der Waals surface area contributed by atoms with Crippen LogP contribution < -0.4 is 10.1 Å². The van der Waals surface area contributed by atoms with Crippen LogP contribution in [0.5, 0.6) is 11.6 Å². The first-order valence-corrected chi connectivity index (χ1v) is 16.1. The van der Waals surface area contributed by atoms with Crippen molar-refractivity contribution in [2.75, 3.05) is 30.4 Å². The van der Waals surface area contributed by atoms with Gasteiger partial charge < -0.3 is 10.1 Å². The summed E-state index contributed by atoms with van der Waals surface area (Å²) in [4.78, 5) is 13.4. The molecule has 5 rings (SSSR count). The van der Waals surface area contributed by atoms with Crippen LogP contribution in [0.15, 0.2) is 46.2 Å². The molecule has 0 aliphatic carbocycles. The van der Waals surface area contributed by atoms with Gasteiger partial charge in [-0.1, -0.05) is 12.1 Å². The fourth-order valence-electron chi connectivity index (χ4n) is 5.13. The van der Waals surface area contributed by atoms with Crippen LogP contribution in [0.4, 0.5) is 5.95 Å². The average molecular weight is 564 g/mol. The number of thioether (sulfide) groups is 1. The second-order valence-electron chi connectivity index (χ2n) is 10.3. The molecule has 0 atom stereocenters. The second-order valence-corrected chi connectivity index (χ2v) is 13.5. The van der Waals surface area contributed by atoms with Gasteiger partial charge in [-0.25, -0.2) is 13.4 Å². The van der Waals surface area contributed by atoms with Crippen molar-refractivity contribution >= 4 is 27.5 Å². The van der Waals surface area contributed by atoms with Crippen molar-refractivity contribution in [2.24, 2.45) is 0 Å². The number of nitrogens with one attached hydrogen (secondary N) is 1. The molecule has 3 aromatic rings. The Balaban J connectivity index is 1.26. The van der Waals surface area contributed by atoms with Gasteiger partial charge in [-0.2, -0.15) is 10.2 Å². The SMILES string of the molecule is Cc1cc(C#N)cc(C)c1Oc1nc(NC2CCN(Cc3ccc(S(C)(=O)=O)cc3)CC2)nc2c1SCCC2. The van der Waals surface area contributed by atoms with Crippen LogP contribution in [0.25, 0.3) is 0 Å². The van der Waals surface area contributed by atoms with Crippen molar-refractivity contribution in [2.45, 2.75) is 61.9 Å². The van der Waals surface area contributed by atoms with E-state index >= 15 is 0 Å². The zero-order chi connectivity index (χ0) is 27.6. The monoisotopic (exact) mass is 563 g/mol. The first kappa shape index (κ1) is 27.4. The van der Waals surface area contributed by atoms with E-state index in [1.165, 1.54) is 6.26 Å². The van der Waals surface area contributed by atoms with Gasteiger partial charge >= 0.3 is 0 Å². The highest BCUT2D eigenvalue weighted by Gasteiger charge is 2.24. The Morgan fingerprint density at radius 2 is 1.82 bits per heavy atom. The molecule has 39 heavy (non-hydrogen) atoms. The highest BCUT2D eigenvalue weighted by Crippen LogP contribution is 2.40. The maximum atomic E-state index is 11.7. The fourth-order valence-corrected chi connectivity index (χ4v) is 6.78. The number of ether oxygens (including phenoxy) is 1. The highest BCUT2D eigenvalue weighted by molar-refractivity contribution is 7.99. The summed E-state index contributed by atoms with van der Waals surface area (Å²) in [6.07, 6.45) is 5.13. The van der Waals surface area contributed by atoms with Crippen molar-refractivity contribution < 1.29 is 13.2 Å². The Labute approximate surface area is 234 Å². The molecule has 0 spiro atoms. The minimum absolute atomic E-state index is 0.259. The number of aromatic nitrogens is 2. The fraction of sp³-hybridized carbons (Fsp3) is 0.414. The number of hydrogen-bond donors (Lipinski definition) is 1. The number of aryl methyl sites for hydroxylation is 3. The normalized spacial score (nSPS) is 16.4. The number of fused-ring (bicyclic) bond motifs is 1. The maximum absolute atomic E-state index is 11.7. The summed E-state index contributed by atoms with van der Waals surface area (Å²) in [7, 11) is -3.18. The average Bonchev–Trinajstić information content (AvgIpc) is 2.91. The molecule has 1 aromatic heterocycles. The minimum atomic E-state index is -3.18. The van der Waals surface area contributed by atoms with E-state index in [-0.39, 0.29) is 6.04 Å². The van der Waals surface area contributed by atoms with Crippen LogP contribution in [0.1, 0.15) is 47.2 Å². The molecule has 10 heteroatoms. The molecule has 0 unspecified atom stereocenters. The quantitative estimate of drug-likeness (QED) is 0.411. The summed E-state index contributed by atoms with van der Waals surface area (Å²) in [6, 6.07) is 13.3. The standard InChI is InChI=1S/C29H33N5O3S2/c1-19-15-22(17-30)16-20(2)26(19)37-28-27-25(5-4-14-38-27)32-29(33-28)31-23-10-12-34(13-11-23)18-21-6-8-24(9-7-21)39(3,35)36/h6-9,15-16,23H,4-5,10-14,18H2,1-3H3,(H,31,32,33). The van der Waals surface area contributed by atoms with Crippen molar-refractivity contribution in [3.05, 3.63) is 64.3 Å². The molecule has 2 aliphatic heterocycles. The van der Waals surface area contributed by atoms with E-state index in [1.807, 2.05) is 38.1 Å². The number of benzene rings is 2. The van der Waals surface area contributed by atoms with Crippen molar-refractivity contribution in [1.29, 1.82) is 5.26 Å². The third-order valence-electron chi connectivity index (χ3n) is 7.18. The molecule has 204 valence electrons. The zero-order valence-electron chi connectivity index (χ0n) is 22.5. The lowest BCUT2D eigenvalue weighted by Gasteiger charge is -2.32. The second kappa shape index (κ2) is 11.5. The third-order valence-corrected chi connectivity index (χ3v) is 9.50. The van der Waals surface area contributed by atoms with Gasteiger partial charge in [0.2, 0.25) is 11.8 Å². The number of anilines is 1. The Kier molecular flexibility index (Phi) is 8.12. The minimum Gasteiger partial charge on any atom is -0.437 e. The Morgan fingerprint density at radius 1 is 1.13 bits per heavy atom. The van der Waals surface area contributed by atoms with E-state index in [4.69, 9.17) is 14.7 Å². The van der Waals surface area contributed by atoms with Crippen LogP contribution in [0.2, 0.25) is 0 Å². The molecule has 0 radical (unpaired) electrons. The molecular weight excluding hydrogens is 530 g/mol. The van der Waals surface area contributed by atoms with E-state index in [9.17, 15) is 13.7 Å². The largest absolute Gasteiger partial charge is 0.437 e. The van der Waals surface area contributed by atoms with Crippen LogP contribution in [-0.4, -0.2) is 54.4 Å². The molecule has 1 N–H and O–H groups in total. The Hall–Kier alpha value is -3.13. The molecule has 2 aliphatic rings. The van der Waals surface area contributed by atoms with E-state index in [0.29, 0.717) is 22.3 Å². The summed E-state index contributed by atoms with van der Waals surface area (Å²) >= 11 is 1.74. The summed E-state index contributed by atoms with van der Waals surface area (Å²) in [6.45, 7) is 6.57. The van der Waals surface area contributed by atoms with Gasteiger partial charge in [0.1, 0.15) is 5.75 Å². The van der Waals surface area contributed by atoms with E-state index in [2.05, 4.69) is 16.3 Å². The van der Waals surface area contributed by atoms with Crippen molar-refractivity contribution in [3.63, 3.8) is 0 Å². The predicted molar refractivity (Wildman–Crippen MR) is 153 cm³/mol. The Bertz CT molecular complexity index is 1490. The van der Waals surface area contributed by atoms with E-state index in [1.54, 1.807) is 23.9 Å². The van der Waals surface area contributed by atoms with Crippen LogP contribution in [-0.2, 0) is 22.8 Å². The van der Waals surface area contributed by atoms with Crippen molar-refractivity contribution in [3.8, 4) is 17.7 Å². The van der Waals surface area contributed by atoms with Gasteiger partial charge in [0.15, 0.2) is 9.84 Å². The summed E-state index contributed by atoms with van der Waals surface area (Å²) in [5.41, 5.74) is 4.58. The number of sulfone groups is 1. The van der Waals surface area contributed by atoms with E-state index < -0.39 is 9.84 Å². The van der Waals surface area contributed by atoms with E-state index in [0.717, 1.165) is 84.1 Å². The Morgan fingerprint density at radius 3 is 2.46 bits per heavy atom. The third kappa shape index (κ3) is 6.55. The maximum Gasteiger partial charge on any atom is 0.238 e. The smallest absolute Gasteiger partial charge is 0.238 e. The van der Waals surface area contributed by atoms with Gasteiger partial charge in [0.05, 0.1) is 27.1 Å². The van der Waals surface area contributed by atoms with Crippen LogP contribution in [0, 0.1) is 25.2 Å². The highest BCUT2D eigenvalue weighted by atomic mass is 32.2. The first-order valence-electron chi connectivity index (χ1n) is 13.2. The molecule has 2 aromatic carbocycles. The predicted octanol–water partition coefficient (Wildman–Crippen LogP) is 5.28. The number of piperidine rings is 1. The lowest BCUT2D eigenvalue weighted by atomic mass is 10.0. The number of likely N-dealkylation sites (tertiary alicyclic amines) is 1. The van der Waals surface area contributed by atoms with Gasteiger partial charge in [-0.3, -0.25) is 4.90 Å². The lowest BCUT2D eigenvalue weighted by molar-refractivity contribution is 0.211. The lowest BCUT2D eigenvalue weighted by Crippen LogP contribution is -2.39. The van der Waals surface area contributed by atoms with Crippen molar-refractivity contribution in [1.82, 2.24) is 14.9 Å². The van der Waals surface area contributed by atoms with Crippen LogP contribution >= 0.6 is 11.8 Å². The van der Waals surface area contributed by atoms with Gasteiger partial charge in [-0.05, 0) is 86.2 Å². The first-order chi connectivity index (χ1) is 18.7. The molecule has 3 heterocycles. The number of nitrogens with zero attached hydrogens (tertiary/aromatic N) is 4. The molecular formula is C29H33N5O3S2. The number of hydrogen-bond acceptors (Lipinski definition) is 9.